The average molecular weight is 356 g/mol. The van der Waals surface area contributed by atoms with Gasteiger partial charge in [-0.15, -0.1) is 0 Å². The van der Waals surface area contributed by atoms with Crippen LogP contribution in [0, 0.1) is 6.92 Å². The lowest BCUT2D eigenvalue weighted by Gasteiger charge is -1.92. The minimum Gasteiger partial charge on any atom is -0.399 e. The van der Waals surface area contributed by atoms with Crippen molar-refractivity contribution in [2.45, 2.75) is 54.9 Å². The average Bonchev–Trinajstić information content (AvgIpc) is 3.06. The second-order valence-corrected chi connectivity index (χ2v) is 4.45. The molecule has 6 heteroatoms. The van der Waals surface area contributed by atoms with Crippen molar-refractivity contribution in [3.05, 3.63) is 35.1 Å². The van der Waals surface area contributed by atoms with Crippen LogP contribution >= 0.6 is 11.6 Å². The van der Waals surface area contributed by atoms with E-state index in [1.54, 1.807) is 26.2 Å². The predicted molar refractivity (Wildman–Crippen MR) is 103 cm³/mol. The molecule has 0 atom stereocenters. The molecule has 0 unspecified atom stereocenters. The largest absolute Gasteiger partial charge is 0.399 e. The van der Waals surface area contributed by atoms with Gasteiger partial charge in [-0.3, -0.25) is 0 Å². The first-order valence-electron chi connectivity index (χ1n) is 8.19. The third-order valence-electron chi connectivity index (χ3n) is 2.38. The molecular weight excluding hydrogens is 326 g/mol. The molecule has 0 fully saturated rings. The first kappa shape index (κ1) is 24.4. The van der Waals surface area contributed by atoms with Crippen molar-refractivity contribution in [1.29, 1.82) is 0 Å². The lowest BCUT2D eigenvalue weighted by molar-refractivity contribution is 0.212. The van der Waals surface area contributed by atoms with E-state index in [1.807, 2.05) is 53.7 Å². The highest BCUT2D eigenvalue weighted by atomic mass is 35.5. The van der Waals surface area contributed by atoms with Crippen LogP contribution in [0.1, 0.15) is 53.8 Å². The second-order valence-electron chi connectivity index (χ2n) is 4.02. The van der Waals surface area contributed by atoms with Gasteiger partial charge >= 0.3 is 0 Å². The Bertz CT molecular complexity index is 552. The molecule has 1 aromatic carbocycles. The molecule has 5 nitrogen and oxygen atoms in total. The summed E-state index contributed by atoms with van der Waals surface area (Å²) in [7, 11) is 1.55. The normalized spacial score (nSPS) is 9.46. The number of oxime groups is 1. The van der Waals surface area contributed by atoms with Crippen molar-refractivity contribution < 1.29 is 9.36 Å². The summed E-state index contributed by atoms with van der Waals surface area (Å²) in [6.07, 6.45) is 0.966. The number of benzene rings is 1. The highest BCUT2D eigenvalue weighted by Crippen LogP contribution is 2.19. The summed E-state index contributed by atoms with van der Waals surface area (Å²) in [4.78, 5) is 8.57. The fraction of sp³-hybridized carbons (Fsp3) is 0.500. The maximum Gasteiger partial charge on any atom is 0.257 e. The van der Waals surface area contributed by atoms with Gasteiger partial charge < -0.3 is 9.36 Å². The van der Waals surface area contributed by atoms with E-state index in [-0.39, 0.29) is 0 Å². The van der Waals surface area contributed by atoms with Gasteiger partial charge in [-0.25, -0.2) is 0 Å². The lowest BCUT2D eigenvalue weighted by atomic mass is 10.2. The Morgan fingerprint density at radius 2 is 1.71 bits per heavy atom. The minimum atomic E-state index is 0.522. The molecule has 0 spiro atoms. The van der Waals surface area contributed by atoms with E-state index in [0.29, 0.717) is 16.7 Å². The molecule has 0 amide bonds. The van der Waals surface area contributed by atoms with E-state index in [4.69, 9.17) is 16.1 Å². The summed E-state index contributed by atoms with van der Waals surface area (Å²) in [6.45, 7) is 13.8. The Morgan fingerprint density at radius 1 is 1.17 bits per heavy atom. The van der Waals surface area contributed by atoms with Crippen LogP contribution in [-0.2, 0) is 4.84 Å². The Morgan fingerprint density at radius 3 is 2.04 bits per heavy atom. The highest BCUT2D eigenvalue weighted by molar-refractivity contribution is 6.30. The fourth-order valence-corrected chi connectivity index (χ4v) is 1.35. The first-order valence-corrected chi connectivity index (χ1v) is 8.57. The summed E-state index contributed by atoms with van der Waals surface area (Å²) in [5.41, 5.74) is 1.91. The first-order chi connectivity index (χ1) is 11.6. The van der Waals surface area contributed by atoms with Crippen LogP contribution in [0.15, 0.2) is 33.9 Å². The van der Waals surface area contributed by atoms with Crippen molar-refractivity contribution in [3.8, 4) is 11.5 Å². The van der Waals surface area contributed by atoms with Gasteiger partial charge in [0.1, 0.15) is 7.11 Å². The van der Waals surface area contributed by atoms with Crippen LogP contribution in [0.2, 0.25) is 5.02 Å². The second kappa shape index (κ2) is 16.0. The Labute approximate surface area is 151 Å². The number of aryl methyl sites for hydroxylation is 1. The molecule has 0 bridgehead atoms. The number of nitrogens with zero attached hydrogens (tertiary/aromatic N) is 3. The minimum absolute atomic E-state index is 0.522. The van der Waals surface area contributed by atoms with Crippen LogP contribution in [0.4, 0.5) is 0 Å². The molecule has 0 aliphatic rings. The molecule has 0 aliphatic carbocycles. The van der Waals surface area contributed by atoms with E-state index >= 15 is 0 Å². The number of aromatic nitrogens is 2. The molecule has 136 valence electrons. The third kappa shape index (κ3) is 10.8. The van der Waals surface area contributed by atoms with Gasteiger partial charge in [-0.2, -0.15) is 4.98 Å². The fourth-order valence-electron chi connectivity index (χ4n) is 1.23. The smallest absolute Gasteiger partial charge is 0.257 e. The molecule has 0 radical (unpaired) electrons. The predicted octanol–water partition coefficient (Wildman–Crippen LogP) is 6.17. The number of hydrogen-bond donors (Lipinski definition) is 0. The lowest BCUT2D eigenvalue weighted by Crippen LogP contribution is -1.86. The van der Waals surface area contributed by atoms with Crippen LogP contribution in [-0.4, -0.2) is 23.0 Å². The van der Waals surface area contributed by atoms with Gasteiger partial charge in [0.25, 0.3) is 5.89 Å². The molecule has 1 heterocycles. The molecule has 0 N–H and O–H groups in total. The van der Waals surface area contributed by atoms with Gasteiger partial charge in [-0.05, 0) is 44.5 Å². The van der Waals surface area contributed by atoms with E-state index in [1.165, 1.54) is 0 Å². The molecule has 2 rings (SSSR count). The maximum atomic E-state index is 5.74. The Balaban J connectivity index is 0. The summed E-state index contributed by atoms with van der Waals surface area (Å²) >= 11 is 5.74. The zero-order valence-electron chi connectivity index (χ0n) is 16.1. The van der Waals surface area contributed by atoms with Crippen molar-refractivity contribution >= 4 is 17.3 Å². The number of rotatable bonds is 3. The standard InChI is InChI=1S/C9H7ClN2O.C5H11NO.2C2H6/c1-6-11-9(13-12-6)7-2-4-8(10)5-3-7;1-4-5(2)6-7-3;2*1-2/h2-5H,1H3;4H2,1-3H3;2*1-2H3/b;6-5+;;. The monoisotopic (exact) mass is 355 g/mol. The van der Waals surface area contributed by atoms with Crippen molar-refractivity contribution in [2.24, 2.45) is 5.16 Å². The van der Waals surface area contributed by atoms with E-state index in [0.717, 1.165) is 17.7 Å². The highest BCUT2D eigenvalue weighted by Gasteiger charge is 2.04. The van der Waals surface area contributed by atoms with Crippen LogP contribution in [0.3, 0.4) is 0 Å². The molecule has 0 saturated heterocycles. The molecular formula is C18H30ClN3O2. The van der Waals surface area contributed by atoms with Crippen LogP contribution in [0.5, 0.6) is 0 Å². The van der Waals surface area contributed by atoms with E-state index < -0.39 is 0 Å². The molecule has 2 aromatic rings. The summed E-state index contributed by atoms with van der Waals surface area (Å²) < 4.78 is 4.99. The SMILES string of the molecule is CC.CC.CC/C(C)=N/OC.Cc1noc(-c2ccc(Cl)cc2)n1. The topological polar surface area (TPSA) is 60.5 Å². The van der Waals surface area contributed by atoms with Gasteiger partial charge in [0.05, 0.1) is 5.71 Å². The molecule has 0 saturated carbocycles. The Kier molecular flexibility index (Phi) is 16.2. The van der Waals surface area contributed by atoms with Gasteiger partial charge in [0.15, 0.2) is 5.82 Å². The molecule has 24 heavy (non-hydrogen) atoms. The number of hydrogen-bond acceptors (Lipinski definition) is 5. The maximum absolute atomic E-state index is 5.74. The van der Waals surface area contributed by atoms with Crippen molar-refractivity contribution in [3.63, 3.8) is 0 Å². The quantitative estimate of drug-likeness (QED) is 0.488. The van der Waals surface area contributed by atoms with Crippen molar-refractivity contribution in [1.82, 2.24) is 10.1 Å². The summed E-state index contributed by atoms with van der Waals surface area (Å²) in [5, 5.41) is 8.05. The van der Waals surface area contributed by atoms with E-state index in [9.17, 15) is 0 Å². The van der Waals surface area contributed by atoms with Crippen molar-refractivity contribution in [2.75, 3.05) is 7.11 Å². The van der Waals surface area contributed by atoms with Gasteiger partial charge in [-0.1, -0.05) is 56.5 Å². The third-order valence-corrected chi connectivity index (χ3v) is 2.63. The number of halogens is 1. The summed E-state index contributed by atoms with van der Waals surface area (Å²) in [6, 6.07) is 7.26. The van der Waals surface area contributed by atoms with Gasteiger partial charge in [0, 0.05) is 10.6 Å². The molecule has 0 aliphatic heterocycles. The Hall–Kier alpha value is -1.88. The zero-order chi connectivity index (χ0) is 19.0. The van der Waals surface area contributed by atoms with Crippen LogP contribution < -0.4 is 0 Å². The van der Waals surface area contributed by atoms with Crippen LogP contribution in [0.25, 0.3) is 11.5 Å². The zero-order valence-corrected chi connectivity index (χ0v) is 16.8. The van der Waals surface area contributed by atoms with E-state index in [2.05, 4.69) is 20.1 Å². The summed E-state index contributed by atoms with van der Waals surface area (Å²) in [5.74, 6) is 1.15. The van der Waals surface area contributed by atoms with Gasteiger partial charge in [0.2, 0.25) is 0 Å². The molecule has 1 aromatic heterocycles.